The van der Waals surface area contributed by atoms with Crippen LogP contribution in [0.1, 0.15) is 24.2 Å². The fourth-order valence-corrected chi connectivity index (χ4v) is 2.17. The second kappa shape index (κ2) is 5.85. The maximum absolute atomic E-state index is 12.3. The van der Waals surface area contributed by atoms with Gasteiger partial charge in [-0.25, -0.2) is 0 Å². The Balaban J connectivity index is 2.20. The van der Waals surface area contributed by atoms with E-state index in [9.17, 15) is 4.79 Å². The van der Waals surface area contributed by atoms with Gasteiger partial charge >= 0.3 is 0 Å². The van der Waals surface area contributed by atoms with Gasteiger partial charge in [-0.1, -0.05) is 29.3 Å². The second-order valence-corrected chi connectivity index (χ2v) is 5.49. The lowest BCUT2D eigenvalue weighted by Crippen LogP contribution is -2.25. The third-order valence-corrected chi connectivity index (χ3v) is 3.79. The minimum Gasteiger partial charge on any atom is -0.324 e. The van der Waals surface area contributed by atoms with Crippen molar-refractivity contribution in [3.63, 3.8) is 0 Å². The van der Waals surface area contributed by atoms with Crippen molar-refractivity contribution in [1.82, 2.24) is 9.78 Å². The van der Waals surface area contributed by atoms with E-state index in [4.69, 9.17) is 23.2 Å². The number of rotatable bonds is 3. The fraction of sp³-hybridized carbons (Fsp3) is 0.286. The first-order valence-corrected chi connectivity index (χ1v) is 6.92. The summed E-state index contributed by atoms with van der Waals surface area (Å²) in [7, 11) is 0. The van der Waals surface area contributed by atoms with Gasteiger partial charge in [0.2, 0.25) is 5.91 Å². The smallest absolute Gasteiger partial charge is 0.248 e. The van der Waals surface area contributed by atoms with Gasteiger partial charge in [0.05, 0.1) is 16.9 Å². The lowest BCUT2D eigenvalue weighted by molar-refractivity contribution is -0.119. The Morgan fingerprint density at radius 3 is 2.65 bits per heavy atom. The van der Waals surface area contributed by atoms with Gasteiger partial charge in [-0.3, -0.25) is 9.48 Å². The van der Waals surface area contributed by atoms with Crippen LogP contribution in [0.4, 0.5) is 5.69 Å². The van der Waals surface area contributed by atoms with Crippen molar-refractivity contribution < 1.29 is 4.79 Å². The summed E-state index contributed by atoms with van der Waals surface area (Å²) in [5.41, 5.74) is 2.41. The Morgan fingerprint density at radius 1 is 1.35 bits per heavy atom. The van der Waals surface area contributed by atoms with E-state index in [1.54, 1.807) is 23.7 Å². The molecule has 4 nitrogen and oxygen atoms in total. The number of hydrogen-bond donors (Lipinski definition) is 1. The zero-order valence-electron chi connectivity index (χ0n) is 11.4. The first-order chi connectivity index (χ1) is 9.40. The van der Waals surface area contributed by atoms with Crippen molar-refractivity contribution in [2.45, 2.75) is 26.8 Å². The Labute approximate surface area is 127 Å². The number of amides is 1. The van der Waals surface area contributed by atoms with Gasteiger partial charge in [0, 0.05) is 10.7 Å². The third kappa shape index (κ3) is 2.97. The van der Waals surface area contributed by atoms with Crippen molar-refractivity contribution in [2.24, 2.45) is 0 Å². The summed E-state index contributed by atoms with van der Waals surface area (Å²) in [6.07, 6.45) is 1.53. The Hall–Kier alpha value is -1.52. The molecule has 0 aliphatic carbocycles. The maximum atomic E-state index is 12.3. The lowest BCUT2D eigenvalue weighted by atomic mass is 10.2. The van der Waals surface area contributed by atoms with Gasteiger partial charge in [0.25, 0.3) is 0 Å². The summed E-state index contributed by atoms with van der Waals surface area (Å²) in [6, 6.07) is 4.91. The lowest BCUT2D eigenvalue weighted by Gasteiger charge is -2.15. The van der Waals surface area contributed by atoms with Crippen molar-refractivity contribution in [3.05, 3.63) is 45.7 Å². The molecule has 1 aromatic heterocycles. The van der Waals surface area contributed by atoms with E-state index < -0.39 is 6.04 Å². The van der Waals surface area contributed by atoms with Gasteiger partial charge in [-0.05, 0) is 38.5 Å². The number of aromatic nitrogens is 2. The van der Waals surface area contributed by atoms with Crippen LogP contribution in [0, 0.1) is 13.8 Å². The van der Waals surface area contributed by atoms with Crippen LogP contribution in [0.5, 0.6) is 0 Å². The normalized spacial score (nSPS) is 12.2. The van der Waals surface area contributed by atoms with Crippen LogP contribution >= 0.6 is 23.2 Å². The first kappa shape index (κ1) is 14.9. The molecule has 0 fully saturated rings. The fourth-order valence-electron chi connectivity index (χ4n) is 1.87. The van der Waals surface area contributed by atoms with Gasteiger partial charge in [0.1, 0.15) is 6.04 Å². The molecule has 20 heavy (non-hydrogen) atoms. The number of nitrogens with one attached hydrogen (secondary N) is 1. The van der Waals surface area contributed by atoms with Crippen LogP contribution in [0.3, 0.4) is 0 Å². The first-order valence-electron chi connectivity index (χ1n) is 6.16. The third-order valence-electron chi connectivity index (χ3n) is 3.19. The van der Waals surface area contributed by atoms with Crippen molar-refractivity contribution in [2.75, 3.05) is 5.32 Å². The van der Waals surface area contributed by atoms with Crippen LogP contribution in [-0.2, 0) is 4.79 Å². The molecule has 106 valence electrons. The van der Waals surface area contributed by atoms with Crippen LogP contribution in [0.15, 0.2) is 24.4 Å². The molecule has 1 aromatic carbocycles. The summed E-state index contributed by atoms with van der Waals surface area (Å²) in [5, 5.41) is 8.10. The van der Waals surface area contributed by atoms with Gasteiger partial charge in [0.15, 0.2) is 0 Å². The molecule has 1 unspecified atom stereocenters. The van der Waals surface area contributed by atoms with E-state index in [1.165, 1.54) is 6.20 Å². The second-order valence-electron chi connectivity index (χ2n) is 4.65. The summed E-state index contributed by atoms with van der Waals surface area (Å²) in [5.74, 6) is -0.168. The molecule has 1 amide bonds. The number of carbonyl (C=O) groups excluding carboxylic acids is 1. The molecule has 0 saturated heterocycles. The van der Waals surface area contributed by atoms with E-state index in [0.717, 1.165) is 11.3 Å². The number of hydrogen-bond acceptors (Lipinski definition) is 2. The van der Waals surface area contributed by atoms with Crippen LogP contribution < -0.4 is 5.32 Å². The largest absolute Gasteiger partial charge is 0.324 e. The molecule has 1 N–H and O–H groups in total. The SMILES string of the molecule is Cc1ccc(Cl)cc1NC(=O)C(C)n1ncc(Cl)c1C. The maximum Gasteiger partial charge on any atom is 0.248 e. The molecule has 0 aliphatic heterocycles. The number of carbonyl (C=O) groups is 1. The quantitative estimate of drug-likeness (QED) is 0.931. The summed E-state index contributed by atoms with van der Waals surface area (Å²) >= 11 is 11.9. The standard InChI is InChI=1S/C14H15Cl2N3O/c1-8-4-5-11(15)6-13(8)18-14(20)10(3)19-9(2)12(16)7-17-19/h4-7,10H,1-3H3,(H,18,20). The number of benzene rings is 1. The molecule has 2 aromatic rings. The molecule has 0 bridgehead atoms. The number of halogens is 2. The molecule has 1 atom stereocenters. The molecule has 0 spiro atoms. The highest BCUT2D eigenvalue weighted by molar-refractivity contribution is 6.31. The van der Waals surface area contributed by atoms with E-state index in [0.29, 0.717) is 15.7 Å². The zero-order chi connectivity index (χ0) is 14.9. The van der Waals surface area contributed by atoms with E-state index in [1.807, 2.05) is 19.9 Å². The average molecular weight is 312 g/mol. The summed E-state index contributed by atoms with van der Waals surface area (Å²) in [4.78, 5) is 12.3. The predicted octanol–water partition coefficient (Wildman–Crippen LogP) is 4.01. The number of nitrogens with zero attached hydrogens (tertiary/aromatic N) is 2. The molecule has 1 heterocycles. The van der Waals surface area contributed by atoms with Crippen molar-refractivity contribution in [1.29, 1.82) is 0 Å². The van der Waals surface area contributed by atoms with E-state index >= 15 is 0 Å². The van der Waals surface area contributed by atoms with Gasteiger partial charge < -0.3 is 5.32 Å². The van der Waals surface area contributed by atoms with E-state index in [-0.39, 0.29) is 5.91 Å². The average Bonchev–Trinajstić information content (AvgIpc) is 2.73. The molecule has 6 heteroatoms. The minimum absolute atomic E-state index is 0.168. The van der Waals surface area contributed by atoms with E-state index in [2.05, 4.69) is 10.4 Å². The summed E-state index contributed by atoms with van der Waals surface area (Å²) < 4.78 is 1.59. The molecular weight excluding hydrogens is 297 g/mol. The van der Waals surface area contributed by atoms with Crippen molar-refractivity contribution in [3.8, 4) is 0 Å². The topological polar surface area (TPSA) is 46.9 Å². The molecule has 0 saturated carbocycles. The van der Waals surface area contributed by atoms with Crippen molar-refractivity contribution >= 4 is 34.8 Å². The summed E-state index contributed by atoms with van der Waals surface area (Å²) in [6.45, 7) is 5.50. The molecule has 0 radical (unpaired) electrons. The van der Waals surface area contributed by atoms with Gasteiger partial charge in [-0.15, -0.1) is 0 Å². The van der Waals surface area contributed by atoms with Crippen LogP contribution in [-0.4, -0.2) is 15.7 Å². The zero-order valence-corrected chi connectivity index (χ0v) is 13.0. The Kier molecular flexibility index (Phi) is 4.35. The molecule has 2 rings (SSSR count). The van der Waals surface area contributed by atoms with Crippen LogP contribution in [0.25, 0.3) is 0 Å². The highest BCUT2D eigenvalue weighted by Crippen LogP contribution is 2.22. The minimum atomic E-state index is -0.458. The highest BCUT2D eigenvalue weighted by Gasteiger charge is 2.19. The molecular formula is C14H15Cl2N3O. The van der Waals surface area contributed by atoms with Gasteiger partial charge in [-0.2, -0.15) is 5.10 Å². The number of anilines is 1. The Morgan fingerprint density at radius 2 is 2.05 bits per heavy atom. The predicted molar refractivity (Wildman–Crippen MR) is 81.5 cm³/mol. The molecule has 0 aliphatic rings. The monoisotopic (exact) mass is 311 g/mol. The van der Waals surface area contributed by atoms with Crippen LogP contribution in [0.2, 0.25) is 10.0 Å². The highest BCUT2D eigenvalue weighted by atomic mass is 35.5. The number of aryl methyl sites for hydroxylation is 1. The Bertz CT molecular complexity index is 652.